The van der Waals surface area contributed by atoms with Crippen LogP contribution in [0, 0.1) is 13.8 Å². The quantitative estimate of drug-likeness (QED) is 0.678. The Kier molecular flexibility index (Phi) is 5.36. The molecule has 1 aromatic heterocycles. The van der Waals surface area contributed by atoms with Gasteiger partial charge in [0.15, 0.2) is 6.10 Å². The number of hydrogen-bond acceptors (Lipinski definition) is 4. The van der Waals surface area contributed by atoms with Crippen LogP contribution in [0.5, 0.6) is 0 Å². The number of nitrogens with one attached hydrogen (secondary N) is 1. The average Bonchev–Trinajstić information content (AvgIpc) is 2.93. The number of carbonyl (C=O) groups is 2. The molecule has 2 rings (SSSR count). The molecule has 0 aliphatic heterocycles. The van der Waals surface area contributed by atoms with E-state index in [9.17, 15) is 9.59 Å². The molecule has 1 heterocycles. The summed E-state index contributed by atoms with van der Waals surface area (Å²) >= 11 is 0. The van der Waals surface area contributed by atoms with E-state index in [1.807, 2.05) is 26.0 Å². The predicted octanol–water partition coefficient (Wildman–Crippen LogP) is 3.48. The zero-order valence-corrected chi connectivity index (χ0v) is 13.3. The van der Waals surface area contributed by atoms with Crippen molar-refractivity contribution >= 4 is 23.6 Å². The Morgan fingerprint density at radius 3 is 2.43 bits per heavy atom. The fraction of sp³-hybridized carbons (Fsp3) is 0.222. The van der Waals surface area contributed by atoms with Crippen LogP contribution in [-0.2, 0) is 14.3 Å². The van der Waals surface area contributed by atoms with Crippen LogP contribution < -0.4 is 5.32 Å². The van der Waals surface area contributed by atoms with Crippen molar-refractivity contribution < 1.29 is 18.7 Å². The maximum Gasteiger partial charge on any atom is 0.331 e. The summed E-state index contributed by atoms with van der Waals surface area (Å²) < 4.78 is 10.4. The Morgan fingerprint density at radius 2 is 1.83 bits per heavy atom. The van der Waals surface area contributed by atoms with Gasteiger partial charge >= 0.3 is 5.97 Å². The minimum Gasteiger partial charge on any atom is -0.462 e. The number of ether oxygens (including phenoxy) is 1. The van der Waals surface area contributed by atoms with Crippen molar-refractivity contribution in [3.05, 3.63) is 59.6 Å². The molecule has 2 aromatic rings. The topological polar surface area (TPSA) is 68.5 Å². The van der Waals surface area contributed by atoms with E-state index in [4.69, 9.17) is 9.15 Å². The number of furan rings is 1. The fourth-order valence-electron chi connectivity index (χ4n) is 1.84. The highest BCUT2D eigenvalue weighted by Crippen LogP contribution is 2.10. The third kappa shape index (κ3) is 5.14. The SMILES string of the molecule is Cc1ccc(NC(=O)[C@H](C)OC(=O)/C=C/c2ccc(C)o2)cc1. The first kappa shape index (κ1) is 16.5. The number of esters is 1. The van der Waals surface area contributed by atoms with Crippen LogP contribution in [0.1, 0.15) is 24.0 Å². The number of aryl methyl sites for hydroxylation is 2. The summed E-state index contributed by atoms with van der Waals surface area (Å²) in [6.07, 6.45) is 1.83. The standard InChI is InChI=1S/C18H19NO4/c1-12-4-7-15(8-5-12)19-18(21)14(3)23-17(20)11-10-16-9-6-13(2)22-16/h4-11,14H,1-3H3,(H,19,21)/b11-10+/t14-/m0/s1. The molecule has 120 valence electrons. The third-order valence-corrected chi connectivity index (χ3v) is 3.13. The van der Waals surface area contributed by atoms with Crippen LogP contribution in [0.15, 0.2) is 46.9 Å². The summed E-state index contributed by atoms with van der Waals surface area (Å²) in [7, 11) is 0. The molecular formula is C18H19NO4. The first-order chi connectivity index (χ1) is 10.9. The van der Waals surface area contributed by atoms with Crippen molar-refractivity contribution in [2.24, 2.45) is 0 Å². The minimum atomic E-state index is -0.896. The zero-order chi connectivity index (χ0) is 16.8. The van der Waals surface area contributed by atoms with E-state index in [-0.39, 0.29) is 5.91 Å². The van der Waals surface area contributed by atoms with Crippen molar-refractivity contribution in [3.8, 4) is 0 Å². The van der Waals surface area contributed by atoms with Gasteiger partial charge < -0.3 is 14.5 Å². The van der Waals surface area contributed by atoms with E-state index in [2.05, 4.69) is 5.32 Å². The second-order valence-corrected chi connectivity index (χ2v) is 5.22. The molecule has 0 bridgehead atoms. The van der Waals surface area contributed by atoms with Gasteiger partial charge in [-0.3, -0.25) is 4.79 Å². The van der Waals surface area contributed by atoms with Gasteiger partial charge in [-0.25, -0.2) is 4.79 Å². The van der Waals surface area contributed by atoms with Gasteiger partial charge in [0.05, 0.1) is 0 Å². The van der Waals surface area contributed by atoms with Crippen molar-refractivity contribution in [2.45, 2.75) is 26.9 Å². The van der Waals surface area contributed by atoms with Crippen molar-refractivity contribution in [1.82, 2.24) is 0 Å². The first-order valence-electron chi connectivity index (χ1n) is 7.27. The Balaban J connectivity index is 1.86. The van der Waals surface area contributed by atoms with Gasteiger partial charge in [0, 0.05) is 11.8 Å². The van der Waals surface area contributed by atoms with E-state index >= 15 is 0 Å². The molecule has 0 aliphatic carbocycles. The fourth-order valence-corrected chi connectivity index (χ4v) is 1.84. The molecule has 23 heavy (non-hydrogen) atoms. The number of benzene rings is 1. The average molecular weight is 313 g/mol. The molecule has 0 saturated heterocycles. The van der Waals surface area contributed by atoms with Crippen LogP contribution in [0.3, 0.4) is 0 Å². The predicted molar refractivity (Wildman–Crippen MR) is 87.8 cm³/mol. The van der Waals surface area contributed by atoms with E-state index in [0.29, 0.717) is 11.4 Å². The number of amides is 1. The van der Waals surface area contributed by atoms with E-state index in [0.717, 1.165) is 11.3 Å². The van der Waals surface area contributed by atoms with Gasteiger partial charge in [0.25, 0.3) is 5.91 Å². The highest BCUT2D eigenvalue weighted by molar-refractivity contribution is 5.96. The van der Waals surface area contributed by atoms with Gasteiger partial charge in [-0.2, -0.15) is 0 Å². The highest BCUT2D eigenvalue weighted by atomic mass is 16.5. The molecule has 0 unspecified atom stereocenters. The van der Waals surface area contributed by atoms with Crippen molar-refractivity contribution in [3.63, 3.8) is 0 Å². The second kappa shape index (κ2) is 7.45. The van der Waals surface area contributed by atoms with Gasteiger partial charge in [0.2, 0.25) is 0 Å². The monoisotopic (exact) mass is 313 g/mol. The van der Waals surface area contributed by atoms with E-state index in [1.165, 1.54) is 19.1 Å². The van der Waals surface area contributed by atoms with Crippen molar-refractivity contribution in [1.29, 1.82) is 0 Å². The minimum absolute atomic E-state index is 0.385. The second-order valence-electron chi connectivity index (χ2n) is 5.22. The molecule has 0 spiro atoms. The lowest BCUT2D eigenvalue weighted by Gasteiger charge is -2.12. The summed E-state index contributed by atoms with van der Waals surface area (Å²) in [6.45, 7) is 5.29. The molecule has 1 aromatic carbocycles. The van der Waals surface area contributed by atoms with Crippen LogP contribution in [0.4, 0.5) is 5.69 Å². The molecule has 0 radical (unpaired) electrons. The molecule has 5 heteroatoms. The molecular weight excluding hydrogens is 294 g/mol. The summed E-state index contributed by atoms with van der Waals surface area (Å²) in [6, 6.07) is 10.9. The maximum atomic E-state index is 12.0. The molecule has 1 atom stereocenters. The number of hydrogen-bond donors (Lipinski definition) is 1. The van der Waals surface area contributed by atoms with Gasteiger partial charge in [-0.15, -0.1) is 0 Å². The smallest absolute Gasteiger partial charge is 0.331 e. The van der Waals surface area contributed by atoms with Crippen LogP contribution >= 0.6 is 0 Å². The summed E-state index contributed by atoms with van der Waals surface area (Å²) in [5.74, 6) is 0.315. The Labute approximate surface area is 134 Å². The number of anilines is 1. The Bertz CT molecular complexity index is 713. The van der Waals surface area contributed by atoms with Crippen LogP contribution in [0.2, 0.25) is 0 Å². The largest absolute Gasteiger partial charge is 0.462 e. The van der Waals surface area contributed by atoms with E-state index in [1.54, 1.807) is 24.3 Å². The molecule has 1 N–H and O–H groups in total. The number of carbonyl (C=O) groups excluding carboxylic acids is 2. The summed E-state index contributed by atoms with van der Waals surface area (Å²) in [4.78, 5) is 23.7. The van der Waals surface area contributed by atoms with Gasteiger partial charge in [-0.05, 0) is 51.1 Å². The highest BCUT2D eigenvalue weighted by Gasteiger charge is 2.16. The van der Waals surface area contributed by atoms with E-state index < -0.39 is 12.1 Å². The lowest BCUT2D eigenvalue weighted by Crippen LogP contribution is -2.29. The first-order valence-corrected chi connectivity index (χ1v) is 7.27. The van der Waals surface area contributed by atoms with Crippen LogP contribution in [0.25, 0.3) is 6.08 Å². The lowest BCUT2D eigenvalue weighted by atomic mass is 10.2. The maximum absolute atomic E-state index is 12.0. The normalized spacial score (nSPS) is 12.1. The molecule has 0 aliphatic rings. The van der Waals surface area contributed by atoms with Gasteiger partial charge in [-0.1, -0.05) is 17.7 Å². The zero-order valence-electron chi connectivity index (χ0n) is 13.3. The van der Waals surface area contributed by atoms with Crippen LogP contribution in [-0.4, -0.2) is 18.0 Å². The molecule has 5 nitrogen and oxygen atoms in total. The number of rotatable bonds is 5. The third-order valence-electron chi connectivity index (χ3n) is 3.13. The summed E-state index contributed by atoms with van der Waals surface area (Å²) in [5, 5.41) is 2.69. The molecule has 0 fully saturated rings. The molecule has 0 saturated carbocycles. The molecule has 1 amide bonds. The van der Waals surface area contributed by atoms with Crippen molar-refractivity contribution in [2.75, 3.05) is 5.32 Å². The lowest BCUT2D eigenvalue weighted by molar-refractivity contribution is -0.148. The Hall–Kier alpha value is -2.82. The Morgan fingerprint density at radius 1 is 1.13 bits per heavy atom. The van der Waals surface area contributed by atoms with Gasteiger partial charge in [0.1, 0.15) is 11.5 Å². The summed E-state index contributed by atoms with van der Waals surface area (Å²) in [5.41, 5.74) is 1.76.